The number of benzene rings is 2. The van der Waals surface area contributed by atoms with Gasteiger partial charge in [0.25, 0.3) is 0 Å². The Bertz CT molecular complexity index is 903. The zero-order chi connectivity index (χ0) is 21.2. The van der Waals surface area contributed by atoms with Crippen LogP contribution in [-0.4, -0.2) is 31.7 Å². The highest BCUT2D eigenvalue weighted by Gasteiger charge is 2.14. The van der Waals surface area contributed by atoms with Gasteiger partial charge in [-0.1, -0.05) is 48.3 Å². The summed E-state index contributed by atoms with van der Waals surface area (Å²) >= 11 is 12.5. The Balaban J connectivity index is 2.06. The number of amides is 2. The van der Waals surface area contributed by atoms with Crippen LogP contribution in [0.1, 0.15) is 24.5 Å². The lowest BCUT2D eigenvalue weighted by atomic mass is 10.2. The normalized spacial score (nSPS) is 10.6. The van der Waals surface area contributed by atoms with Crippen LogP contribution in [0.5, 0.6) is 11.5 Å². The molecule has 29 heavy (non-hydrogen) atoms. The number of rotatable bonds is 8. The number of methoxy groups -OCH3 is 1. The van der Waals surface area contributed by atoms with Crippen molar-refractivity contribution >= 4 is 41.2 Å². The minimum absolute atomic E-state index is 0.214. The van der Waals surface area contributed by atoms with Crippen LogP contribution in [0, 0.1) is 0 Å². The number of hydrogen-bond donors (Lipinski definition) is 2. The number of ether oxygens (including phenoxy) is 2. The molecule has 2 aromatic carbocycles. The highest BCUT2D eigenvalue weighted by Crippen LogP contribution is 2.37. The number of hydrazone groups is 1. The maximum atomic E-state index is 11.6. The smallest absolute Gasteiger partial charge is 0.329 e. The predicted molar refractivity (Wildman–Crippen MR) is 113 cm³/mol. The van der Waals surface area contributed by atoms with E-state index in [0.717, 1.165) is 12.0 Å². The number of hydrogen-bond acceptors (Lipinski definition) is 5. The van der Waals surface area contributed by atoms with Gasteiger partial charge in [0.15, 0.2) is 11.5 Å². The van der Waals surface area contributed by atoms with Gasteiger partial charge in [-0.25, -0.2) is 5.43 Å². The quantitative estimate of drug-likeness (QED) is 0.375. The Kier molecular flexibility index (Phi) is 8.76. The van der Waals surface area contributed by atoms with Crippen molar-refractivity contribution in [1.29, 1.82) is 0 Å². The van der Waals surface area contributed by atoms with Crippen LogP contribution in [0.15, 0.2) is 41.5 Å². The molecule has 0 spiro atoms. The van der Waals surface area contributed by atoms with Crippen LogP contribution < -0.4 is 20.2 Å². The van der Waals surface area contributed by atoms with E-state index in [1.54, 1.807) is 18.2 Å². The monoisotopic (exact) mass is 437 g/mol. The first-order valence-electron chi connectivity index (χ1n) is 8.81. The van der Waals surface area contributed by atoms with E-state index in [4.69, 9.17) is 32.7 Å². The largest absolute Gasteiger partial charge is 0.493 e. The van der Waals surface area contributed by atoms with Crippen LogP contribution in [0.2, 0.25) is 10.0 Å². The number of carbonyl (C=O) groups is 2. The maximum absolute atomic E-state index is 11.6. The van der Waals surface area contributed by atoms with Gasteiger partial charge in [0.1, 0.15) is 6.61 Å². The van der Waals surface area contributed by atoms with Gasteiger partial charge in [-0.05, 0) is 30.2 Å². The van der Waals surface area contributed by atoms with Gasteiger partial charge in [0, 0.05) is 17.1 Å². The first kappa shape index (κ1) is 22.5. The molecule has 0 heterocycles. The lowest BCUT2D eigenvalue weighted by Crippen LogP contribution is -2.38. The molecular weight excluding hydrogens is 417 g/mol. The Morgan fingerprint density at radius 2 is 1.90 bits per heavy atom. The van der Waals surface area contributed by atoms with E-state index >= 15 is 0 Å². The van der Waals surface area contributed by atoms with Crippen molar-refractivity contribution in [1.82, 2.24) is 10.7 Å². The van der Waals surface area contributed by atoms with Crippen molar-refractivity contribution in [3.8, 4) is 11.5 Å². The molecule has 2 amide bonds. The highest BCUT2D eigenvalue weighted by molar-refractivity contribution is 6.35. The van der Waals surface area contributed by atoms with Crippen LogP contribution >= 0.6 is 23.2 Å². The zero-order valence-electron chi connectivity index (χ0n) is 16.0. The highest BCUT2D eigenvalue weighted by atomic mass is 35.5. The Morgan fingerprint density at radius 3 is 2.59 bits per heavy atom. The molecule has 0 aromatic heterocycles. The molecule has 0 fully saturated rings. The molecule has 2 rings (SSSR count). The topological polar surface area (TPSA) is 89.0 Å². The minimum atomic E-state index is -0.854. The Hall–Kier alpha value is -2.77. The molecule has 2 N–H and O–H groups in total. The molecule has 0 aliphatic heterocycles. The van der Waals surface area contributed by atoms with Crippen LogP contribution in [0.3, 0.4) is 0 Å². The molecular formula is C20H21Cl2N3O4. The summed E-state index contributed by atoms with van der Waals surface area (Å²) in [5.41, 5.74) is 3.51. The standard InChI is InChI=1S/C20H21Cl2N3O4/c1-3-8-23-19(26)20(27)25-24-11-13-9-16(22)18(17(10-13)28-2)29-12-14-6-4-5-7-15(14)21/h4-7,9-11H,3,8,12H2,1-2H3,(H,23,26)(H,25,27)/b24-11-. The van der Waals surface area contributed by atoms with Crippen molar-refractivity contribution < 1.29 is 19.1 Å². The van der Waals surface area contributed by atoms with E-state index < -0.39 is 11.8 Å². The average Bonchev–Trinajstić information content (AvgIpc) is 2.71. The summed E-state index contributed by atoms with van der Waals surface area (Å²) in [5, 5.41) is 7.10. The van der Waals surface area contributed by atoms with Crippen molar-refractivity contribution in [2.24, 2.45) is 5.10 Å². The summed E-state index contributed by atoms with van der Waals surface area (Å²) in [6.45, 7) is 2.51. The lowest BCUT2D eigenvalue weighted by molar-refractivity contribution is -0.139. The van der Waals surface area contributed by atoms with Gasteiger partial charge in [0.2, 0.25) is 0 Å². The molecule has 9 heteroatoms. The SMILES string of the molecule is CCCNC(=O)C(=O)N/N=C\c1cc(Cl)c(OCc2ccccc2Cl)c(OC)c1. The third-order valence-electron chi connectivity index (χ3n) is 3.70. The summed E-state index contributed by atoms with van der Waals surface area (Å²) in [7, 11) is 1.48. The van der Waals surface area contributed by atoms with Crippen molar-refractivity contribution in [2.75, 3.05) is 13.7 Å². The first-order chi connectivity index (χ1) is 14.0. The summed E-state index contributed by atoms with van der Waals surface area (Å²) in [6.07, 6.45) is 2.07. The van der Waals surface area contributed by atoms with Gasteiger partial charge in [-0.2, -0.15) is 5.10 Å². The second kappa shape index (κ2) is 11.3. The summed E-state index contributed by atoms with van der Waals surface area (Å²) in [6, 6.07) is 10.6. The van der Waals surface area contributed by atoms with Gasteiger partial charge in [-0.3, -0.25) is 9.59 Å². The fourth-order valence-electron chi connectivity index (χ4n) is 2.25. The minimum Gasteiger partial charge on any atom is -0.493 e. The number of nitrogens with zero attached hydrogens (tertiary/aromatic N) is 1. The summed E-state index contributed by atoms with van der Waals surface area (Å²) in [4.78, 5) is 23.1. The molecule has 0 bridgehead atoms. The molecule has 0 saturated carbocycles. The number of halogens is 2. The third kappa shape index (κ3) is 6.66. The van der Waals surface area contributed by atoms with Gasteiger partial charge >= 0.3 is 11.8 Å². The Morgan fingerprint density at radius 1 is 1.14 bits per heavy atom. The van der Waals surface area contributed by atoms with Crippen LogP contribution in [0.25, 0.3) is 0 Å². The van der Waals surface area contributed by atoms with E-state index in [-0.39, 0.29) is 6.61 Å². The van der Waals surface area contributed by atoms with Crippen LogP contribution in [-0.2, 0) is 16.2 Å². The summed E-state index contributed by atoms with van der Waals surface area (Å²) < 4.78 is 11.1. The molecule has 0 atom stereocenters. The molecule has 0 aliphatic carbocycles. The Labute approximate surface area is 179 Å². The molecule has 154 valence electrons. The van der Waals surface area contributed by atoms with Crippen LogP contribution in [0.4, 0.5) is 0 Å². The fourth-order valence-corrected chi connectivity index (χ4v) is 2.72. The molecule has 0 radical (unpaired) electrons. The van der Waals surface area contributed by atoms with E-state index in [2.05, 4.69) is 15.8 Å². The molecule has 2 aromatic rings. The second-order valence-electron chi connectivity index (χ2n) is 5.87. The second-order valence-corrected chi connectivity index (χ2v) is 6.68. The van der Waals surface area contributed by atoms with E-state index in [1.807, 2.05) is 25.1 Å². The molecule has 0 aliphatic rings. The molecule has 7 nitrogen and oxygen atoms in total. The third-order valence-corrected chi connectivity index (χ3v) is 4.35. The molecule has 0 saturated heterocycles. The van der Waals surface area contributed by atoms with Crippen molar-refractivity contribution in [3.05, 3.63) is 57.6 Å². The van der Waals surface area contributed by atoms with Gasteiger partial charge < -0.3 is 14.8 Å². The predicted octanol–water partition coefficient (Wildman–Crippen LogP) is 3.56. The van der Waals surface area contributed by atoms with E-state index in [0.29, 0.717) is 33.7 Å². The van der Waals surface area contributed by atoms with Gasteiger partial charge in [-0.15, -0.1) is 0 Å². The lowest BCUT2D eigenvalue weighted by Gasteiger charge is -2.14. The number of nitrogens with one attached hydrogen (secondary N) is 2. The van der Waals surface area contributed by atoms with Crippen molar-refractivity contribution in [2.45, 2.75) is 20.0 Å². The van der Waals surface area contributed by atoms with E-state index in [9.17, 15) is 9.59 Å². The first-order valence-corrected chi connectivity index (χ1v) is 9.56. The fraction of sp³-hybridized carbons (Fsp3) is 0.250. The van der Waals surface area contributed by atoms with Gasteiger partial charge in [0.05, 0.1) is 18.3 Å². The number of carbonyl (C=O) groups excluding carboxylic acids is 2. The van der Waals surface area contributed by atoms with E-state index in [1.165, 1.54) is 13.3 Å². The molecule has 0 unspecified atom stereocenters. The van der Waals surface area contributed by atoms with Crippen molar-refractivity contribution in [3.63, 3.8) is 0 Å². The maximum Gasteiger partial charge on any atom is 0.329 e. The zero-order valence-corrected chi connectivity index (χ0v) is 17.5. The average molecular weight is 438 g/mol. The summed E-state index contributed by atoms with van der Waals surface area (Å²) in [5.74, 6) is -0.859.